The average molecular weight is 392 g/mol. The summed E-state index contributed by atoms with van der Waals surface area (Å²) < 4.78 is 12.7. The van der Waals surface area contributed by atoms with E-state index in [1.54, 1.807) is 0 Å². The first-order valence-electron chi connectivity index (χ1n) is 8.57. The van der Waals surface area contributed by atoms with Crippen LogP contribution in [0.15, 0.2) is 46.9 Å². The number of nitrogens with one attached hydrogen (secondary N) is 1. The maximum atomic E-state index is 6.01. The molecule has 0 radical (unpaired) electrons. The molecule has 0 amide bonds. The zero-order valence-electron chi connectivity index (χ0n) is 14.5. The highest BCUT2D eigenvalue weighted by Crippen LogP contribution is 2.37. The normalized spacial score (nSPS) is 10.6. The van der Waals surface area contributed by atoms with Gasteiger partial charge in [-0.3, -0.25) is 0 Å². The molecule has 1 N–H and O–H groups in total. The Morgan fingerprint density at radius 1 is 1.00 bits per heavy atom. The van der Waals surface area contributed by atoms with Gasteiger partial charge in [-0.05, 0) is 59.1 Å². The van der Waals surface area contributed by atoms with Gasteiger partial charge < -0.3 is 14.8 Å². The van der Waals surface area contributed by atoms with E-state index in [0.717, 1.165) is 34.6 Å². The summed E-state index contributed by atoms with van der Waals surface area (Å²) in [5.74, 6) is 1.55. The molecule has 0 bridgehead atoms. The third-order valence-corrected chi connectivity index (χ3v) is 4.22. The van der Waals surface area contributed by atoms with Crippen molar-refractivity contribution in [3.8, 4) is 11.5 Å². The van der Waals surface area contributed by atoms with Crippen LogP contribution in [0.25, 0.3) is 0 Å². The van der Waals surface area contributed by atoms with Crippen LogP contribution in [0.3, 0.4) is 0 Å². The zero-order valence-corrected chi connectivity index (χ0v) is 16.1. The molecule has 130 valence electrons. The lowest BCUT2D eigenvalue weighted by atomic mass is 10.2. The molecule has 0 aliphatic rings. The second-order valence-corrected chi connectivity index (χ2v) is 6.50. The molecule has 0 heterocycles. The van der Waals surface area contributed by atoms with Crippen molar-refractivity contribution in [3.63, 3.8) is 0 Å². The summed E-state index contributed by atoms with van der Waals surface area (Å²) in [4.78, 5) is 0. The van der Waals surface area contributed by atoms with Crippen molar-refractivity contribution in [2.24, 2.45) is 0 Å². The smallest absolute Gasteiger partial charge is 0.175 e. The van der Waals surface area contributed by atoms with Crippen LogP contribution in [-0.4, -0.2) is 13.2 Å². The highest BCUT2D eigenvalue weighted by Gasteiger charge is 2.12. The minimum Gasteiger partial charge on any atom is -0.490 e. The van der Waals surface area contributed by atoms with Gasteiger partial charge in [0.15, 0.2) is 11.5 Å². The van der Waals surface area contributed by atoms with E-state index in [9.17, 15) is 0 Å². The summed E-state index contributed by atoms with van der Waals surface area (Å²) in [6, 6.07) is 14.3. The van der Waals surface area contributed by atoms with Crippen molar-refractivity contribution in [1.29, 1.82) is 0 Å². The van der Waals surface area contributed by atoms with Crippen molar-refractivity contribution in [3.05, 3.63) is 58.1 Å². The topological polar surface area (TPSA) is 30.5 Å². The highest BCUT2D eigenvalue weighted by molar-refractivity contribution is 9.10. The Balaban J connectivity index is 2.08. The molecule has 0 saturated carbocycles. The van der Waals surface area contributed by atoms with Gasteiger partial charge >= 0.3 is 0 Å². The number of ether oxygens (including phenoxy) is 2. The van der Waals surface area contributed by atoms with Crippen molar-refractivity contribution >= 4 is 15.9 Å². The fourth-order valence-electron chi connectivity index (χ4n) is 2.39. The van der Waals surface area contributed by atoms with E-state index >= 15 is 0 Å². The van der Waals surface area contributed by atoms with Gasteiger partial charge in [-0.25, -0.2) is 0 Å². The summed E-state index contributed by atoms with van der Waals surface area (Å²) in [6.07, 6.45) is 2.39. The van der Waals surface area contributed by atoms with Crippen LogP contribution in [0.2, 0.25) is 0 Å². The van der Waals surface area contributed by atoms with Crippen LogP contribution in [-0.2, 0) is 13.2 Å². The van der Waals surface area contributed by atoms with Crippen LogP contribution in [0.4, 0.5) is 0 Å². The van der Waals surface area contributed by atoms with E-state index in [0.29, 0.717) is 13.2 Å². The second-order valence-electron chi connectivity index (χ2n) is 5.64. The maximum absolute atomic E-state index is 6.01. The number of rotatable bonds is 10. The van der Waals surface area contributed by atoms with Crippen LogP contribution in [0.1, 0.15) is 37.8 Å². The van der Waals surface area contributed by atoms with Gasteiger partial charge in [-0.2, -0.15) is 0 Å². The summed E-state index contributed by atoms with van der Waals surface area (Å²) in [5.41, 5.74) is 2.32. The van der Waals surface area contributed by atoms with Gasteiger partial charge in [0, 0.05) is 6.54 Å². The first-order valence-corrected chi connectivity index (χ1v) is 9.36. The molecule has 3 nitrogen and oxygen atoms in total. The summed E-state index contributed by atoms with van der Waals surface area (Å²) in [6.45, 7) is 7.18. The quantitative estimate of drug-likeness (QED) is 0.556. The van der Waals surface area contributed by atoms with Crippen molar-refractivity contribution in [2.75, 3.05) is 13.2 Å². The van der Waals surface area contributed by atoms with Crippen molar-refractivity contribution in [2.45, 2.75) is 39.8 Å². The molecule has 4 heteroatoms. The number of hydrogen-bond donors (Lipinski definition) is 1. The molecule has 0 unspecified atom stereocenters. The Kier molecular flexibility index (Phi) is 8.13. The fraction of sp³-hybridized carbons (Fsp3) is 0.400. The van der Waals surface area contributed by atoms with E-state index in [-0.39, 0.29) is 0 Å². The third kappa shape index (κ3) is 5.84. The second kappa shape index (κ2) is 10.4. The molecule has 0 fully saturated rings. The van der Waals surface area contributed by atoms with E-state index in [2.05, 4.69) is 52.4 Å². The molecule has 0 aliphatic carbocycles. The van der Waals surface area contributed by atoms with Gasteiger partial charge in [0.2, 0.25) is 0 Å². The number of benzene rings is 2. The predicted molar refractivity (Wildman–Crippen MR) is 103 cm³/mol. The molecule has 2 aromatic rings. The highest BCUT2D eigenvalue weighted by atomic mass is 79.9. The lowest BCUT2D eigenvalue weighted by Gasteiger charge is -2.16. The summed E-state index contributed by atoms with van der Waals surface area (Å²) >= 11 is 3.63. The van der Waals surface area contributed by atoms with E-state index in [4.69, 9.17) is 9.47 Å². The van der Waals surface area contributed by atoms with Gasteiger partial charge in [0.25, 0.3) is 0 Å². The number of halogens is 1. The van der Waals surface area contributed by atoms with Crippen molar-refractivity contribution < 1.29 is 9.47 Å². The van der Waals surface area contributed by atoms with Gasteiger partial charge in [-0.15, -0.1) is 0 Å². The van der Waals surface area contributed by atoms with E-state index < -0.39 is 0 Å². The van der Waals surface area contributed by atoms with Gasteiger partial charge in [-0.1, -0.05) is 43.7 Å². The van der Waals surface area contributed by atoms with Crippen LogP contribution < -0.4 is 14.8 Å². The minimum atomic E-state index is 0.521. The molecule has 2 aromatic carbocycles. The largest absolute Gasteiger partial charge is 0.490 e. The minimum absolute atomic E-state index is 0.521. The number of unbranched alkanes of at least 4 members (excludes halogenated alkanes) is 1. The standard InChI is InChI=1S/C20H26BrNO2/c1-3-5-11-22-14-17-12-18(21)20(19(13-17)23-4-2)24-15-16-9-7-6-8-10-16/h6-10,12-13,22H,3-5,11,14-15H2,1-2H3. The van der Waals surface area contributed by atoms with E-state index in [1.807, 2.05) is 25.1 Å². The SMILES string of the molecule is CCCCNCc1cc(Br)c(OCc2ccccc2)c(OCC)c1. The third-order valence-electron chi connectivity index (χ3n) is 3.63. The molecule has 24 heavy (non-hydrogen) atoms. The Hall–Kier alpha value is -1.52. The molecule has 0 aromatic heterocycles. The lowest BCUT2D eigenvalue weighted by Crippen LogP contribution is -2.14. The lowest BCUT2D eigenvalue weighted by molar-refractivity contribution is 0.267. The Morgan fingerprint density at radius 3 is 2.50 bits per heavy atom. The number of hydrogen-bond acceptors (Lipinski definition) is 3. The fourth-order valence-corrected chi connectivity index (χ4v) is 2.99. The Labute approximate surface area is 153 Å². The molecule has 0 saturated heterocycles. The first-order chi connectivity index (χ1) is 11.7. The van der Waals surface area contributed by atoms with Gasteiger partial charge in [0.1, 0.15) is 6.61 Å². The van der Waals surface area contributed by atoms with Gasteiger partial charge in [0.05, 0.1) is 11.1 Å². The Morgan fingerprint density at radius 2 is 1.79 bits per heavy atom. The monoisotopic (exact) mass is 391 g/mol. The van der Waals surface area contributed by atoms with Crippen LogP contribution in [0.5, 0.6) is 11.5 Å². The summed E-state index contributed by atoms with van der Waals surface area (Å²) in [7, 11) is 0. The molecular formula is C20H26BrNO2. The van der Waals surface area contributed by atoms with Crippen LogP contribution >= 0.6 is 15.9 Å². The molecule has 0 aliphatic heterocycles. The summed E-state index contributed by atoms with van der Waals surface area (Å²) in [5, 5.41) is 3.46. The van der Waals surface area contributed by atoms with E-state index in [1.165, 1.54) is 18.4 Å². The molecular weight excluding hydrogens is 366 g/mol. The average Bonchev–Trinajstić information content (AvgIpc) is 2.59. The Bertz CT molecular complexity index is 617. The zero-order chi connectivity index (χ0) is 17.2. The molecule has 0 atom stereocenters. The molecule has 0 spiro atoms. The predicted octanol–water partition coefficient (Wildman–Crippen LogP) is 5.32. The van der Waals surface area contributed by atoms with Crippen molar-refractivity contribution in [1.82, 2.24) is 5.32 Å². The molecule has 2 rings (SSSR count). The maximum Gasteiger partial charge on any atom is 0.175 e. The first kappa shape index (κ1) is 18.8. The van der Waals surface area contributed by atoms with Crippen LogP contribution in [0, 0.1) is 0 Å².